The Morgan fingerprint density at radius 3 is 2.56 bits per heavy atom. The molecule has 18 heavy (non-hydrogen) atoms. The van der Waals surface area contributed by atoms with Crippen LogP contribution in [0.3, 0.4) is 0 Å². The molecule has 1 aromatic carbocycles. The van der Waals surface area contributed by atoms with Crippen LogP contribution in [0.1, 0.15) is 0 Å². The van der Waals surface area contributed by atoms with Crippen LogP contribution in [0.2, 0.25) is 0 Å². The van der Waals surface area contributed by atoms with Gasteiger partial charge in [-0.3, -0.25) is 0 Å². The Labute approximate surface area is 103 Å². The Kier molecular flexibility index (Phi) is 3.07. The molecule has 0 aliphatic heterocycles. The average Bonchev–Trinajstić information content (AvgIpc) is 2.80. The van der Waals surface area contributed by atoms with Gasteiger partial charge < -0.3 is 10.2 Å². The van der Waals surface area contributed by atoms with Gasteiger partial charge >= 0.3 is 6.03 Å². The molecule has 0 bridgehead atoms. The second-order valence-electron chi connectivity index (χ2n) is 3.48. The first-order chi connectivity index (χ1) is 8.50. The SMILES string of the molecule is NC(=O)NS(=O)(=O)c1ccccc1-c1ccoc1. The fraction of sp³-hybridized carbons (Fsp3) is 0. The molecule has 94 valence electrons. The summed E-state index contributed by atoms with van der Waals surface area (Å²) < 4.78 is 30.5. The molecule has 0 atom stereocenters. The lowest BCUT2D eigenvalue weighted by Gasteiger charge is -2.08. The van der Waals surface area contributed by atoms with Crippen molar-refractivity contribution in [3.8, 4) is 11.1 Å². The van der Waals surface area contributed by atoms with Gasteiger partial charge in [-0.05, 0) is 12.1 Å². The van der Waals surface area contributed by atoms with Crippen LogP contribution in [-0.4, -0.2) is 14.4 Å². The zero-order chi connectivity index (χ0) is 13.2. The first kappa shape index (κ1) is 12.2. The number of nitrogens with two attached hydrogens (primary N) is 1. The summed E-state index contributed by atoms with van der Waals surface area (Å²) in [5.74, 6) is 0. The maximum absolute atomic E-state index is 11.9. The highest BCUT2D eigenvalue weighted by molar-refractivity contribution is 7.90. The number of primary amides is 1. The normalized spacial score (nSPS) is 11.1. The first-order valence-corrected chi connectivity index (χ1v) is 6.43. The Bertz CT molecular complexity index is 662. The van der Waals surface area contributed by atoms with E-state index in [0.717, 1.165) is 0 Å². The molecular formula is C11H10N2O4S. The van der Waals surface area contributed by atoms with E-state index < -0.39 is 16.1 Å². The van der Waals surface area contributed by atoms with Crippen LogP contribution < -0.4 is 10.5 Å². The lowest BCUT2D eigenvalue weighted by molar-refractivity contribution is 0.253. The van der Waals surface area contributed by atoms with E-state index in [1.54, 1.807) is 29.0 Å². The number of amides is 2. The van der Waals surface area contributed by atoms with Gasteiger partial charge in [0, 0.05) is 11.1 Å². The summed E-state index contributed by atoms with van der Waals surface area (Å²) in [6.45, 7) is 0. The Morgan fingerprint density at radius 2 is 1.94 bits per heavy atom. The van der Waals surface area contributed by atoms with E-state index in [9.17, 15) is 13.2 Å². The monoisotopic (exact) mass is 266 g/mol. The van der Waals surface area contributed by atoms with Crippen molar-refractivity contribution in [3.05, 3.63) is 42.9 Å². The molecule has 1 heterocycles. The maximum atomic E-state index is 11.9. The number of benzene rings is 1. The molecule has 0 radical (unpaired) electrons. The van der Waals surface area contributed by atoms with Gasteiger partial charge in [-0.15, -0.1) is 0 Å². The number of carbonyl (C=O) groups is 1. The highest BCUT2D eigenvalue weighted by atomic mass is 32.2. The molecular weight excluding hydrogens is 256 g/mol. The number of carbonyl (C=O) groups excluding carboxylic acids is 1. The van der Waals surface area contributed by atoms with Crippen LogP contribution in [0, 0.1) is 0 Å². The van der Waals surface area contributed by atoms with E-state index in [1.165, 1.54) is 18.6 Å². The van der Waals surface area contributed by atoms with Gasteiger partial charge in [0.2, 0.25) is 0 Å². The van der Waals surface area contributed by atoms with Crippen molar-refractivity contribution in [3.63, 3.8) is 0 Å². The minimum Gasteiger partial charge on any atom is -0.472 e. The molecule has 0 aliphatic carbocycles. The molecule has 0 aliphatic rings. The zero-order valence-corrected chi connectivity index (χ0v) is 9.98. The molecule has 2 aromatic rings. The Morgan fingerprint density at radius 1 is 1.22 bits per heavy atom. The van der Waals surface area contributed by atoms with E-state index in [0.29, 0.717) is 11.1 Å². The molecule has 0 saturated heterocycles. The molecule has 7 heteroatoms. The van der Waals surface area contributed by atoms with Gasteiger partial charge in [-0.25, -0.2) is 17.9 Å². The molecule has 0 unspecified atom stereocenters. The summed E-state index contributed by atoms with van der Waals surface area (Å²) in [6, 6.07) is 6.73. The molecule has 0 spiro atoms. The van der Waals surface area contributed by atoms with Gasteiger partial charge in [0.05, 0.1) is 17.4 Å². The predicted octanol–water partition coefficient (Wildman–Crippen LogP) is 1.30. The van der Waals surface area contributed by atoms with Crippen molar-refractivity contribution in [2.75, 3.05) is 0 Å². The summed E-state index contributed by atoms with van der Waals surface area (Å²) in [4.78, 5) is 10.7. The summed E-state index contributed by atoms with van der Waals surface area (Å²) in [5.41, 5.74) is 5.87. The lowest BCUT2D eigenvalue weighted by atomic mass is 10.1. The zero-order valence-electron chi connectivity index (χ0n) is 9.16. The number of nitrogens with one attached hydrogen (secondary N) is 1. The van der Waals surface area contributed by atoms with Gasteiger partial charge in [-0.1, -0.05) is 18.2 Å². The smallest absolute Gasteiger partial charge is 0.326 e. The fourth-order valence-corrected chi connectivity index (χ4v) is 2.65. The van der Waals surface area contributed by atoms with Crippen molar-refractivity contribution < 1.29 is 17.6 Å². The van der Waals surface area contributed by atoms with Gasteiger partial charge in [-0.2, -0.15) is 0 Å². The van der Waals surface area contributed by atoms with E-state index in [1.807, 2.05) is 0 Å². The minimum absolute atomic E-state index is 0.0369. The number of hydrogen-bond donors (Lipinski definition) is 2. The number of hydrogen-bond acceptors (Lipinski definition) is 4. The van der Waals surface area contributed by atoms with E-state index >= 15 is 0 Å². The predicted molar refractivity (Wildman–Crippen MR) is 64.0 cm³/mol. The number of rotatable bonds is 3. The quantitative estimate of drug-likeness (QED) is 0.874. The molecule has 0 fully saturated rings. The number of furan rings is 1. The number of urea groups is 1. The highest BCUT2D eigenvalue weighted by Crippen LogP contribution is 2.27. The standard InChI is InChI=1S/C11H10N2O4S/c12-11(14)13-18(15,16)10-4-2-1-3-9(10)8-5-6-17-7-8/h1-7H,(H3,12,13,14). The molecule has 6 nitrogen and oxygen atoms in total. The Hall–Kier alpha value is -2.28. The maximum Gasteiger partial charge on any atom is 0.326 e. The summed E-state index contributed by atoms with van der Waals surface area (Å²) >= 11 is 0. The summed E-state index contributed by atoms with van der Waals surface area (Å²) in [5, 5.41) is 0. The Balaban J connectivity index is 2.56. The summed E-state index contributed by atoms with van der Waals surface area (Å²) in [6.07, 6.45) is 2.85. The molecule has 3 N–H and O–H groups in total. The van der Waals surface area contributed by atoms with E-state index in [2.05, 4.69) is 0 Å². The van der Waals surface area contributed by atoms with Crippen LogP contribution in [0.4, 0.5) is 4.79 Å². The van der Waals surface area contributed by atoms with Crippen LogP contribution in [0.25, 0.3) is 11.1 Å². The van der Waals surface area contributed by atoms with E-state index in [4.69, 9.17) is 10.2 Å². The second kappa shape index (κ2) is 4.53. The van der Waals surface area contributed by atoms with Crippen LogP contribution >= 0.6 is 0 Å². The van der Waals surface area contributed by atoms with Gasteiger partial charge in [0.15, 0.2) is 0 Å². The third kappa shape index (κ3) is 2.35. The molecule has 0 saturated carbocycles. The van der Waals surface area contributed by atoms with Crippen molar-refractivity contribution in [2.24, 2.45) is 5.73 Å². The lowest BCUT2D eigenvalue weighted by Crippen LogP contribution is -2.35. The van der Waals surface area contributed by atoms with E-state index in [-0.39, 0.29) is 4.90 Å². The highest BCUT2D eigenvalue weighted by Gasteiger charge is 2.20. The molecule has 1 aromatic heterocycles. The van der Waals surface area contributed by atoms with Crippen LogP contribution in [-0.2, 0) is 10.0 Å². The molecule has 2 amide bonds. The third-order valence-electron chi connectivity index (χ3n) is 2.24. The summed E-state index contributed by atoms with van der Waals surface area (Å²) in [7, 11) is -3.98. The van der Waals surface area contributed by atoms with Gasteiger partial charge in [0.1, 0.15) is 0 Å². The largest absolute Gasteiger partial charge is 0.472 e. The fourth-order valence-electron chi connectivity index (χ4n) is 1.54. The topological polar surface area (TPSA) is 102 Å². The minimum atomic E-state index is -3.98. The molecule has 2 rings (SSSR count). The first-order valence-electron chi connectivity index (χ1n) is 4.94. The van der Waals surface area contributed by atoms with Gasteiger partial charge in [0.25, 0.3) is 10.0 Å². The van der Waals surface area contributed by atoms with Crippen molar-refractivity contribution >= 4 is 16.1 Å². The second-order valence-corrected chi connectivity index (χ2v) is 5.13. The van der Waals surface area contributed by atoms with Crippen molar-refractivity contribution in [1.82, 2.24) is 4.72 Å². The number of sulfonamides is 1. The average molecular weight is 266 g/mol. The van der Waals surface area contributed by atoms with Crippen LogP contribution in [0.5, 0.6) is 0 Å². The van der Waals surface area contributed by atoms with Crippen molar-refractivity contribution in [1.29, 1.82) is 0 Å². The van der Waals surface area contributed by atoms with Crippen molar-refractivity contribution in [2.45, 2.75) is 4.90 Å². The third-order valence-corrected chi connectivity index (χ3v) is 3.65. The van der Waals surface area contributed by atoms with Crippen LogP contribution in [0.15, 0.2) is 52.2 Å².